The molecule has 1 fully saturated rings. The maximum atomic E-state index is 11.7. The number of hydrogen-bond acceptors (Lipinski definition) is 4. The Kier molecular flexibility index (Phi) is 7.61. The van der Waals surface area contributed by atoms with E-state index in [0.29, 0.717) is 32.4 Å². The second kappa shape index (κ2) is 9.52. The van der Waals surface area contributed by atoms with E-state index < -0.39 is 11.7 Å². The third kappa shape index (κ3) is 6.04. The molecule has 1 aromatic rings. The number of likely N-dealkylation sites (tertiary alicyclic amines) is 1. The largest absolute Gasteiger partial charge is 0.465 e. The first-order chi connectivity index (χ1) is 13.2. The molecule has 3 unspecified atom stereocenters. The van der Waals surface area contributed by atoms with Crippen LogP contribution >= 0.6 is 0 Å². The summed E-state index contributed by atoms with van der Waals surface area (Å²) in [6.45, 7) is 8.95. The number of ether oxygens (including phenoxy) is 2. The monoisotopic (exact) mass is 391 g/mol. The van der Waals surface area contributed by atoms with Gasteiger partial charge in [0.25, 0.3) is 0 Å². The van der Waals surface area contributed by atoms with Gasteiger partial charge in [0, 0.05) is 18.5 Å². The molecule has 1 aromatic carbocycles. The number of carbonyl (C=O) groups excluding carboxylic acids is 1. The Morgan fingerprint density at radius 3 is 2.61 bits per heavy atom. The summed E-state index contributed by atoms with van der Waals surface area (Å²) < 4.78 is 11.9. The fourth-order valence-electron chi connectivity index (χ4n) is 3.96. The highest BCUT2D eigenvalue weighted by molar-refractivity contribution is 5.65. The van der Waals surface area contributed by atoms with Gasteiger partial charge in [-0.25, -0.2) is 4.79 Å². The van der Waals surface area contributed by atoms with Crippen molar-refractivity contribution >= 4 is 12.4 Å². The van der Waals surface area contributed by atoms with Gasteiger partial charge in [-0.05, 0) is 30.2 Å². The first kappa shape index (κ1) is 22.4. The molecule has 6 heteroatoms. The third-order valence-corrected chi connectivity index (χ3v) is 5.48. The van der Waals surface area contributed by atoms with Crippen LogP contribution in [0.4, 0.5) is 4.79 Å². The molecular weight excluding hydrogens is 358 g/mol. The molecule has 6 nitrogen and oxygen atoms in total. The van der Waals surface area contributed by atoms with Crippen LogP contribution in [0.25, 0.3) is 0 Å². The summed E-state index contributed by atoms with van der Waals surface area (Å²) in [7, 11) is 0. The topological polar surface area (TPSA) is 76.1 Å². The first-order valence-electron chi connectivity index (χ1n) is 9.87. The quantitative estimate of drug-likeness (QED) is 0.405. The van der Waals surface area contributed by atoms with Gasteiger partial charge in [0.05, 0.1) is 12.2 Å². The Morgan fingerprint density at radius 1 is 1.36 bits per heavy atom. The lowest BCUT2D eigenvalue weighted by atomic mass is 9.72. The predicted molar refractivity (Wildman–Crippen MR) is 107 cm³/mol. The number of piperidine rings is 1. The van der Waals surface area contributed by atoms with E-state index in [1.807, 2.05) is 58.0 Å². The molecule has 1 amide bonds. The number of aldehydes is 1. The summed E-state index contributed by atoms with van der Waals surface area (Å²) in [5, 5.41) is 9.61. The molecule has 0 radical (unpaired) electrons. The second-order valence-corrected chi connectivity index (χ2v) is 8.91. The molecule has 28 heavy (non-hydrogen) atoms. The highest BCUT2D eigenvalue weighted by Crippen LogP contribution is 2.41. The van der Waals surface area contributed by atoms with Gasteiger partial charge in [-0.1, -0.05) is 58.0 Å². The summed E-state index contributed by atoms with van der Waals surface area (Å²) >= 11 is 0. The van der Waals surface area contributed by atoms with Crippen LogP contribution in [0.3, 0.4) is 0 Å². The molecule has 1 saturated heterocycles. The number of carboxylic acid groups (broad SMARTS) is 1. The summed E-state index contributed by atoms with van der Waals surface area (Å²) in [5.41, 5.74) is 0.263. The Balaban J connectivity index is 2.09. The smallest absolute Gasteiger partial charge is 0.407 e. The van der Waals surface area contributed by atoms with Crippen LogP contribution in [0.1, 0.15) is 52.5 Å². The number of benzene rings is 1. The van der Waals surface area contributed by atoms with Crippen LogP contribution in [0.5, 0.6) is 0 Å². The summed E-state index contributed by atoms with van der Waals surface area (Å²) in [5.74, 6) is -0.161. The normalized spacial score (nSPS) is 24.0. The van der Waals surface area contributed by atoms with Crippen LogP contribution in [0.2, 0.25) is 0 Å². The minimum atomic E-state index is -0.905. The van der Waals surface area contributed by atoms with E-state index in [1.54, 1.807) is 0 Å². The minimum Gasteiger partial charge on any atom is -0.465 e. The van der Waals surface area contributed by atoms with Gasteiger partial charge in [0.2, 0.25) is 0 Å². The highest BCUT2D eigenvalue weighted by Gasteiger charge is 2.47. The fourth-order valence-corrected chi connectivity index (χ4v) is 3.96. The van der Waals surface area contributed by atoms with E-state index in [2.05, 4.69) is 0 Å². The minimum absolute atomic E-state index is 0.115. The van der Waals surface area contributed by atoms with Crippen molar-refractivity contribution in [3.05, 3.63) is 35.9 Å². The molecule has 1 heterocycles. The average molecular weight is 392 g/mol. The van der Waals surface area contributed by atoms with Gasteiger partial charge < -0.3 is 24.3 Å². The van der Waals surface area contributed by atoms with Crippen molar-refractivity contribution in [1.82, 2.24) is 4.90 Å². The summed E-state index contributed by atoms with van der Waals surface area (Å²) in [4.78, 5) is 24.5. The van der Waals surface area contributed by atoms with Gasteiger partial charge in [-0.15, -0.1) is 0 Å². The Bertz CT molecular complexity index is 642. The number of nitrogens with zero attached hydrogens (tertiary/aromatic N) is 1. The van der Waals surface area contributed by atoms with Crippen LogP contribution in [0, 0.1) is 11.3 Å². The van der Waals surface area contributed by atoms with E-state index in [0.717, 1.165) is 11.8 Å². The van der Waals surface area contributed by atoms with Crippen molar-refractivity contribution in [3.8, 4) is 0 Å². The van der Waals surface area contributed by atoms with Crippen molar-refractivity contribution in [2.75, 3.05) is 13.3 Å². The Morgan fingerprint density at radius 2 is 2.04 bits per heavy atom. The van der Waals surface area contributed by atoms with Crippen molar-refractivity contribution in [2.24, 2.45) is 11.3 Å². The van der Waals surface area contributed by atoms with Gasteiger partial charge in [-0.2, -0.15) is 0 Å². The molecule has 3 atom stereocenters. The maximum Gasteiger partial charge on any atom is 0.407 e. The second-order valence-electron chi connectivity index (χ2n) is 8.91. The highest BCUT2D eigenvalue weighted by atomic mass is 16.7. The zero-order chi connectivity index (χ0) is 20.8. The van der Waals surface area contributed by atoms with E-state index >= 15 is 0 Å². The zero-order valence-corrected chi connectivity index (χ0v) is 17.4. The number of amides is 1. The van der Waals surface area contributed by atoms with Gasteiger partial charge in [0.1, 0.15) is 13.1 Å². The molecule has 0 bridgehead atoms. The molecule has 0 aliphatic carbocycles. The molecule has 0 aromatic heterocycles. The average Bonchev–Trinajstić information content (AvgIpc) is 2.65. The van der Waals surface area contributed by atoms with E-state index in [9.17, 15) is 14.7 Å². The summed E-state index contributed by atoms with van der Waals surface area (Å²) in [6.07, 6.45) is 1.70. The fraction of sp³-hybridized carbons (Fsp3) is 0.636. The molecule has 0 spiro atoms. The molecule has 1 aliphatic heterocycles. The molecule has 2 rings (SSSR count). The van der Waals surface area contributed by atoms with E-state index in [1.165, 1.54) is 4.90 Å². The first-order valence-corrected chi connectivity index (χ1v) is 9.87. The predicted octanol–water partition coefficient (Wildman–Crippen LogP) is 4.33. The number of hydrogen-bond donors (Lipinski definition) is 1. The van der Waals surface area contributed by atoms with Crippen LogP contribution in [-0.2, 0) is 20.9 Å². The Hall–Kier alpha value is -1.92. The SMILES string of the molecule is CC(C=O)CC1(OCOCc2ccccc2)CCN(C(=O)O)C(C(C)(C)C)C1. The lowest BCUT2D eigenvalue weighted by molar-refractivity contribution is -0.183. The van der Waals surface area contributed by atoms with Crippen LogP contribution < -0.4 is 0 Å². The van der Waals surface area contributed by atoms with Gasteiger partial charge in [-0.3, -0.25) is 0 Å². The van der Waals surface area contributed by atoms with E-state index in [4.69, 9.17) is 9.47 Å². The summed E-state index contributed by atoms with van der Waals surface area (Å²) in [6, 6.07) is 9.67. The van der Waals surface area contributed by atoms with E-state index in [-0.39, 0.29) is 24.2 Å². The maximum absolute atomic E-state index is 11.7. The molecule has 1 aliphatic rings. The molecule has 0 saturated carbocycles. The van der Waals surface area contributed by atoms with Gasteiger partial charge in [0.15, 0.2) is 0 Å². The van der Waals surface area contributed by atoms with Gasteiger partial charge >= 0.3 is 6.09 Å². The molecule has 1 N–H and O–H groups in total. The Labute approximate surface area is 167 Å². The van der Waals surface area contributed by atoms with Crippen molar-refractivity contribution < 1.29 is 24.2 Å². The zero-order valence-electron chi connectivity index (χ0n) is 17.4. The van der Waals surface area contributed by atoms with Crippen molar-refractivity contribution in [3.63, 3.8) is 0 Å². The molecule has 156 valence electrons. The van der Waals surface area contributed by atoms with Crippen molar-refractivity contribution in [1.29, 1.82) is 0 Å². The van der Waals surface area contributed by atoms with Crippen LogP contribution in [0.15, 0.2) is 30.3 Å². The number of rotatable bonds is 8. The lowest BCUT2D eigenvalue weighted by Gasteiger charge is -2.50. The molecular formula is C22H33NO5. The standard InChI is InChI=1S/C22H33NO5/c1-17(14-24)12-22(28-16-27-15-18-8-6-5-7-9-18)10-11-23(20(25)26)19(13-22)21(2,3)4/h5-9,14,17,19H,10-13,15-16H2,1-4H3,(H,25,26). The number of carbonyl (C=O) groups is 2. The lowest BCUT2D eigenvalue weighted by Crippen LogP contribution is -2.58. The van der Waals surface area contributed by atoms with Crippen molar-refractivity contribution in [2.45, 2.75) is 65.2 Å². The van der Waals surface area contributed by atoms with Crippen LogP contribution in [-0.4, -0.2) is 47.4 Å². The third-order valence-electron chi connectivity index (χ3n) is 5.48.